The number of nitrogens with zero attached hydrogens (tertiary/aromatic N) is 3. The summed E-state index contributed by atoms with van der Waals surface area (Å²) in [6.45, 7) is 2.70. The molecule has 27 heavy (non-hydrogen) atoms. The van der Waals surface area contributed by atoms with E-state index in [2.05, 4.69) is 5.10 Å². The zero-order valence-corrected chi connectivity index (χ0v) is 14.6. The summed E-state index contributed by atoms with van der Waals surface area (Å²) in [4.78, 5) is 36.4. The zero-order chi connectivity index (χ0) is 20.5. The molecule has 0 bridgehead atoms. The third-order valence-electron chi connectivity index (χ3n) is 3.99. The fraction of sp³-hybridized carbons (Fsp3) is 0.294. The summed E-state index contributed by atoms with van der Waals surface area (Å²) in [6, 6.07) is 4.08. The normalized spacial score (nSPS) is 12.5. The minimum absolute atomic E-state index is 0.00492. The number of alkyl halides is 3. The van der Waals surface area contributed by atoms with Crippen molar-refractivity contribution in [1.82, 2.24) is 14.7 Å². The molecule has 0 saturated heterocycles. The Kier molecular flexibility index (Phi) is 5.38. The van der Waals surface area contributed by atoms with Gasteiger partial charge < -0.3 is 10.0 Å². The molecule has 10 heteroatoms. The molecule has 1 amide bonds. The topological polar surface area (TPSA) is 92.5 Å². The maximum atomic E-state index is 12.9. The molecule has 144 valence electrons. The van der Waals surface area contributed by atoms with Gasteiger partial charge in [0.05, 0.1) is 11.3 Å². The van der Waals surface area contributed by atoms with Crippen molar-refractivity contribution in [3.63, 3.8) is 0 Å². The van der Waals surface area contributed by atoms with Gasteiger partial charge in [0.2, 0.25) is 5.43 Å². The summed E-state index contributed by atoms with van der Waals surface area (Å²) in [5.41, 5.74) is -2.04. The maximum absolute atomic E-state index is 12.9. The first-order chi connectivity index (χ1) is 12.4. The summed E-state index contributed by atoms with van der Waals surface area (Å²) in [5, 5.41) is 12.9. The molecule has 2 aromatic rings. The third-order valence-corrected chi connectivity index (χ3v) is 3.99. The second kappa shape index (κ2) is 7.22. The van der Waals surface area contributed by atoms with Crippen LogP contribution in [0.4, 0.5) is 13.2 Å². The number of aryl methyl sites for hydroxylation is 1. The molecular weight excluding hydrogens is 367 g/mol. The second-order valence-electron chi connectivity index (χ2n) is 5.89. The molecule has 1 aromatic heterocycles. The van der Waals surface area contributed by atoms with Gasteiger partial charge in [-0.15, -0.1) is 0 Å². The van der Waals surface area contributed by atoms with Crippen LogP contribution in [-0.2, 0) is 11.0 Å². The van der Waals surface area contributed by atoms with Crippen LogP contribution in [0.15, 0.2) is 35.1 Å². The SMILES string of the molecule is Cc1cc(=O)c(C(=O)N(C)C(C)C(=O)O)nn1-c1cccc(C(F)(F)F)c1. The van der Waals surface area contributed by atoms with Crippen LogP contribution < -0.4 is 5.43 Å². The molecule has 0 saturated carbocycles. The number of carbonyl (C=O) groups is 2. The molecule has 0 aliphatic carbocycles. The minimum Gasteiger partial charge on any atom is -0.480 e. The smallest absolute Gasteiger partial charge is 0.416 e. The first-order valence-electron chi connectivity index (χ1n) is 7.72. The van der Waals surface area contributed by atoms with Crippen LogP contribution in [0.25, 0.3) is 5.69 Å². The molecule has 0 aliphatic rings. The number of rotatable bonds is 4. The highest BCUT2D eigenvalue weighted by Crippen LogP contribution is 2.30. The van der Waals surface area contributed by atoms with E-state index in [9.17, 15) is 27.6 Å². The van der Waals surface area contributed by atoms with Crippen LogP contribution in [0.2, 0.25) is 0 Å². The quantitative estimate of drug-likeness (QED) is 0.873. The highest BCUT2D eigenvalue weighted by molar-refractivity contribution is 5.94. The number of hydrogen-bond acceptors (Lipinski definition) is 4. The standard InChI is InChI=1S/C17H16F3N3O4/c1-9-7-13(24)14(15(25)22(3)10(2)16(26)27)21-23(9)12-6-4-5-11(8-12)17(18,19)20/h4-8,10H,1-3H3,(H,26,27). The molecule has 0 fully saturated rings. The lowest BCUT2D eigenvalue weighted by molar-refractivity contribution is -0.141. The Balaban J connectivity index is 2.56. The van der Waals surface area contributed by atoms with E-state index in [1.165, 1.54) is 33.0 Å². The summed E-state index contributed by atoms with van der Waals surface area (Å²) >= 11 is 0. The fourth-order valence-electron chi connectivity index (χ4n) is 2.28. The first kappa shape index (κ1) is 20.1. The Morgan fingerprint density at radius 1 is 1.26 bits per heavy atom. The Hall–Kier alpha value is -3.17. The molecule has 1 aromatic carbocycles. The number of aromatic nitrogens is 2. The largest absolute Gasteiger partial charge is 0.480 e. The first-order valence-corrected chi connectivity index (χ1v) is 7.72. The van der Waals surface area contributed by atoms with E-state index in [0.717, 1.165) is 27.8 Å². The van der Waals surface area contributed by atoms with Crippen LogP contribution in [0, 0.1) is 6.92 Å². The van der Waals surface area contributed by atoms with Gasteiger partial charge in [0.15, 0.2) is 5.69 Å². The highest BCUT2D eigenvalue weighted by atomic mass is 19.4. The van der Waals surface area contributed by atoms with Crippen LogP contribution in [-0.4, -0.2) is 44.8 Å². The molecule has 0 radical (unpaired) electrons. The highest BCUT2D eigenvalue weighted by Gasteiger charge is 2.31. The van der Waals surface area contributed by atoms with E-state index < -0.39 is 40.8 Å². The van der Waals surface area contributed by atoms with Crippen molar-refractivity contribution < 1.29 is 27.9 Å². The van der Waals surface area contributed by atoms with E-state index in [1.807, 2.05) is 0 Å². The van der Waals surface area contributed by atoms with Crippen molar-refractivity contribution in [2.45, 2.75) is 26.1 Å². The van der Waals surface area contributed by atoms with Gasteiger partial charge in [-0.1, -0.05) is 6.07 Å². The van der Waals surface area contributed by atoms with Gasteiger partial charge in [0, 0.05) is 18.8 Å². The van der Waals surface area contributed by atoms with Crippen LogP contribution in [0.3, 0.4) is 0 Å². The number of hydrogen-bond donors (Lipinski definition) is 1. The monoisotopic (exact) mass is 383 g/mol. The van der Waals surface area contributed by atoms with E-state index in [4.69, 9.17) is 5.11 Å². The molecule has 7 nitrogen and oxygen atoms in total. The number of carboxylic acids is 1. The Bertz CT molecular complexity index is 953. The number of likely N-dealkylation sites (N-methyl/N-ethyl adjacent to an activating group) is 1. The van der Waals surface area contributed by atoms with E-state index in [-0.39, 0.29) is 11.4 Å². The predicted molar refractivity (Wildman–Crippen MR) is 88.8 cm³/mol. The molecule has 0 aliphatic heterocycles. The molecule has 0 spiro atoms. The van der Waals surface area contributed by atoms with Gasteiger partial charge in [-0.2, -0.15) is 18.3 Å². The van der Waals surface area contributed by atoms with Crippen molar-refractivity contribution >= 4 is 11.9 Å². The lowest BCUT2D eigenvalue weighted by atomic mass is 10.2. The lowest BCUT2D eigenvalue weighted by Crippen LogP contribution is -2.42. The second-order valence-corrected chi connectivity index (χ2v) is 5.89. The summed E-state index contributed by atoms with van der Waals surface area (Å²) in [6.07, 6.45) is -4.57. The van der Waals surface area contributed by atoms with E-state index >= 15 is 0 Å². The van der Waals surface area contributed by atoms with Gasteiger partial charge in [-0.3, -0.25) is 9.59 Å². The van der Waals surface area contributed by atoms with Crippen molar-refractivity contribution in [1.29, 1.82) is 0 Å². The number of halogens is 3. The molecular formula is C17H16F3N3O4. The lowest BCUT2D eigenvalue weighted by Gasteiger charge is -2.21. The molecule has 1 unspecified atom stereocenters. The summed E-state index contributed by atoms with van der Waals surface area (Å²) < 4.78 is 39.8. The molecule has 2 rings (SSSR count). The van der Waals surface area contributed by atoms with Gasteiger partial charge in [-0.25, -0.2) is 9.48 Å². The van der Waals surface area contributed by atoms with Crippen molar-refractivity contribution in [3.05, 3.63) is 57.5 Å². The Morgan fingerprint density at radius 2 is 1.89 bits per heavy atom. The molecule has 1 heterocycles. The van der Waals surface area contributed by atoms with Crippen molar-refractivity contribution in [3.8, 4) is 5.69 Å². The van der Waals surface area contributed by atoms with Crippen LogP contribution in [0.5, 0.6) is 0 Å². The summed E-state index contributed by atoms with van der Waals surface area (Å²) in [7, 11) is 1.19. The van der Waals surface area contributed by atoms with E-state index in [1.54, 1.807) is 0 Å². The number of carbonyl (C=O) groups excluding carboxylic acids is 1. The third kappa shape index (κ3) is 4.15. The predicted octanol–water partition coefficient (Wildman–Crippen LogP) is 2.10. The number of aliphatic carboxylic acids is 1. The zero-order valence-electron chi connectivity index (χ0n) is 14.6. The van der Waals surface area contributed by atoms with E-state index in [0.29, 0.717) is 0 Å². The number of carboxylic acid groups (broad SMARTS) is 1. The Labute approximate surface area is 151 Å². The van der Waals surface area contributed by atoms with Gasteiger partial charge in [-0.05, 0) is 32.0 Å². The van der Waals surface area contributed by atoms with Gasteiger partial charge >= 0.3 is 12.1 Å². The average Bonchev–Trinajstić information content (AvgIpc) is 2.59. The summed E-state index contributed by atoms with van der Waals surface area (Å²) in [5.74, 6) is -2.23. The number of benzene rings is 1. The fourth-order valence-corrected chi connectivity index (χ4v) is 2.28. The minimum atomic E-state index is -4.57. The van der Waals surface area contributed by atoms with Crippen molar-refractivity contribution in [2.75, 3.05) is 7.05 Å². The molecule has 1 N–H and O–H groups in total. The van der Waals surface area contributed by atoms with Crippen molar-refractivity contribution in [2.24, 2.45) is 0 Å². The molecule has 1 atom stereocenters. The Morgan fingerprint density at radius 3 is 2.44 bits per heavy atom. The van der Waals surface area contributed by atoms with Gasteiger partial charge in [0.25, 0.3) is 5.91 Å². The van der Waals surface area contributed by atoms with Gasteiger partial charge in [0.1, 0.15) is 6.04 Å². The maximum Gasteiger partial charge on any atom is 0.416 e. The van der Waals surface area contributed by atoms with Crippen LogP contribution >= 0.6 is 0 Å². The number of amides is 1. The average molecular weight is 383 g/mol. The van der Waals surface area contributed by atoms with Crippen LogP contribution in [0.1, 0.15) is 28.7 Å².